The number of hydrogen-bond acceptors (Lipinski definition) is 5. The van der Waals surface area contributed by atoms with E-state index in [0.29, 0.717) is 38.3 Å². The molecule has 1 aromatic rings. The highest BCUT2D eigenvalue weighted by Gasteiger charge is 2.25. The summed E-state index contributed by atoms with van der Waals surface area (Å²) in [7, 11) is -6.42. The van der Waals surface area contributed by atoms with Gasteiger partial charge in [-0.2, -0.15) is 4.31 Å². The van der Waals surface area contributed by atoms with Crippen LogP contribution >= 0.6 is 0 Å². The van der Waals surface area contributed by atoms with E-state index in [-0.39, 0.29) is 11.5 Å². The lowest BCUT2D eigenvalue weighted by Gasteiger charge is -2.35. The molecule has 1 fully saturated rings. The summed E-state index contributed by atoms with van der Waals surface area (Å²) in [6.07, 6.45) is 0.568. The van der Waals surface area contributed by atoms with Crippen LogP contribution in [-0.4, -0.2) is 58.8 Å². The van der Waals surface area contributed by atoms with Crippen LogP contribution in [0.15, 0.2) is 24.3 Å². The zero-order valence-corrected chi connectivity index (χ0v) is 15.7. The summed E-state index contributed by atoms with van der Waals surface area (Å²) in [6, 6.07) is 7.18. The molecule has 136 valence electrons. The molecular formula is C15H25N3O4S2. The van der Waals surface area contributed by atoms with Crippen molar-refractivity contribution in [3.05, 3.63) is 24.3 Å². The highest BCUT2D eigenvalue weighted by molar-refractivity contribution is 7.92. The normalized spacial score (nSPS) is 17.0. The minimum Gasteiger partial charge on any atom is -0.369 e. The molecule has 1 N–H and O–H groups in total. The molecule has 0 amide bonds. The number of benzene rings is 1. The number of nitrogens with one attached hydrogen (secondary N) is 1. The number of piperazine rings is 1. The number of anilines is 2. The van der Waals surface area contributed by atoms with Gasteiger partial charge in [0, 0.05) is 37.6 Å². The van der Waals surface area contributed by atoms with E-state index in [4.69, 9.17) is 0 Å². The van der Waals surface area contributed by atoms with E-state index in [1.165, 1.54) is 4.31 Å². The molecule has 1 aromatic carbocycles. The highest BCUT2D eigenvalue weighted by Crippen LogP contribution is 2.21. The molecule has 0 saturated carbocycles. The maximum Gasteiger partial charge on any atom is 0.232 e. The molecule has 1 aliphatic rings. The molecule has 0 radical (unpaired) electrons. The van der Waals surface area contributed by atoms with Gasteiger partial charge >= 0.3 is 0 Å². The quantitative estimate of drug-likeness (QED) is 0.776. The average molecular weight is 376 g/mol. The van der Waals surface area contributed by atoms with Gasteiger partial charge in [-0.15, -0.1) is 0 Å². The average Bonchev–Trinajstić information content (AvgIpc) is 2.55. The molecule has 1 aliphatic heterocycles. The number of hydrogen-bond donors (Lipinski definition) is 1. The lowest BCUT2D eigenvalue weighted by Crippen LogP contribution is -2.49. The Labute approximate surface area is 144 Å². The molecule has 0 atom stereocenters. The van der Waals surface area contributed by atoms with E-state index in [1.54, 1.807) is 19.1 Å². The molecule has 7 nitrogen and oxygen atoms in total. The number of sulfonamides is 2. The molecule has 0 spiro atoms. The van der Waals surface area contributed by atoms with E-state index in [1.807, 2.05) is 19.1 Å². The van der Waals surface area contributed by atoms with Crippen LogP contribution in [0.25, 0.3) is 0 Å². The second kappa shape index (κ2) is 7.71. The Balaban J connectivity index is 1.98. The zero-order valence-electron chi connectivity index (χ0n) is 14.1. The largest absolute Gasteiger partial charge is 0.369 e. The first-order chi connectivity index (χ1) is 11.3. The standard InChI is InChI=1S/C15H25N3O4S2/c1-3-13-23(19,20)16-14-5-7-15(8-6-14)17-9-11-18(12-10-17)24(21,22)4-2/h5-8,16H,3-4,9-13H2,1-2H3. The van der Waals surface area contributed by atoms with E-state index in [2.05, 4.69) is 9.62 Å². The van der Waals surface area contributed by atoms with E-state index >= 15 is 0 Å². The van der Waals surface area contributed by atoms with Gasteiger partial charge in [0.15, 0.2) is 0 Å². The van der Waals surface area contributed by atoms with Crippen molar-refractivity contribution in [2.24, 2.45) is 0 Å². The molecule has 24 heavy (non-hydrogen) atoms. The Morgan fingerprint density at radius 1 is 0.958 bits per heavy atom. The van der Waals surface area contributed by atoms with Gasteiger partial charge in [-0.05, 0) is 37.6 Å². The van der Waals surface area contributed by atoms with Crippen molar-refractivity contribution in [2.45, 2.75) is 20.3 Å². The van der Waals surface area contributed by atoms with Crippen LogP contribution in [0.2, 0.25) is 0 Å². The Hall–Kier alpha value is -1.32. The Kier molecular flexibility index (Phi) is 6.11. The molecular weight excluding hydrogens is 350 g/mol. The van der Waals surface area contributed by atoms with Crippen LogP contribution in [-0.2, 0) is 20.0 Å². The summed E-state index contributed by atoms with van der Waals surface area (Å²) in [4.78, 5) is 2.10. The maximum atomic E-state index is 11.9. The Morgan fingerprint density at radius 3 is 2.04 bits per heavy atom. The van der Waals surface area contributed by atoms with Gasteiger partial charge < -0.3 is 4.90 Å². The smallest absolute Gasteiger partial charge is 0.232 e. The van der Waals surface area contributed by atoms with Crippen LogP contribution in [0.3, 0.4) is 0 Å². The van der Waals surface area contributed by atoms with Gasteiger partial charge in [-0.3, -0.25) is 4.72 Å². The lowest BCUT2D eigenvalue weighted by atomic mass is 10.2. The highest BCUT2D eigenvalue weighted by atomic mass is 32.2. The molecule has 0 bridgehead atoms. The topological polar surface area (TPSA) is 86.8 Å². The van der Waals surface area contributed by atoms with Gasteiger partial charge in [0.1, 0.15) is 0 Å². The van der Waals surface area contributed by atoms with Gasteiger partial charge in [0.05, 0.1) is 11.5 Å². The predicted octanol–water partition coefficient (Wildman–Crippen LogP) is 1.31. The monoisotopic (exact) mass is 375 g/mol. The van der Waals surface area contributed by atoms with Gasteiger partial charge in [0.25, 0.3) is 0 Å². The third-order valence-corrected chi connectivity index (χ3v) is 7.35. The first-order valence-corrected chi connectivity index (χ1v) is 11.4. The fourth-order valence-electron chi connectivity index (χ4n) is 2.65. The van der Waals surface area contributed by atoms with Gasteiger partial charge in [0.2, 0.25) is 20.0 Å². The summed E-state index contributed by atoms with van der Waals surface area (Å²) in [5.74, 6) is 0.224. The SMILES string of the molecule is CCCS(=O)(=O)Nc1ccc(N2CCN(S(=O)(=O)CC)CC2)cc1. The van der Waals surface area contributed by atoms with Crippen molar-refractivity contribution in [3.63, 3.8) is 0 Å². The fraction of sp³-hybridized carbons (Fsp3) is 0.600. The van der Waals surface area contributed by atoms with Crippen molar-refractivity contribution in [1.82, 2.24) is 4.31 Å². The molecule has 1 saturated heterocycles. The van der Waals surface area contributed by atoms with Crippen LogP contribution in [0.1, 0.15) is 20.3 Å². The van der Waals surface area contributed by atoms with Gasteiger partial charge in [-0.1, -0.05) is 6.92 Å². The first-order valence-electron chi connectivity index (χ1n) is 8.10. The molecule has 1 heterocycles. The second-order valence-electron chi connectivity index (χ2n) is 5.75. The Morgan fingerprint density at radius 2 is 1.54 bits per heavy atom. The van der Waals surface area contributed by atoms with Crippen LogP contribution in [0, 0.1) is 0 Å². The van der Waals surface area contributed by atoms with E-state index < -0.39 is 20.0 Å². The molecule has 0 aliphatic carbocycles. The maximum absolute atomic E-state index is 11.9. The third kappa shape index (κ3) is 4.84. The number of rotatable bonds is 7. The van der Waals surface area contributed by atoms with Crippen molar-refractivity contribution in [1.29, 1.82) is 0 Å². The molecule has 2 rings (SSSR count). The van der Waals surface area contributed by atoms with Gasteiger partial charge in [-0.25, -0.2) is 16.8 Å². The summed E-state index contributed by atoms with van der Waals surface area (Å²) in [5.41, 5.74) is 1.50. The summed E-state index contributed by atoms with van der Waals surface area (Å²) in [6.45, 7) is 5.67. The summed E-state index contributed by atoms with van der Waals surface area (Å²) in [5, 5.41) is 0. The van der Waals surface area contributed by atoms with Crippen molar-refractivity contribution in [3.8, 4) is 0 Å². The fourth-order valence-corrected chi connectivity index (χ4v) is 4.87. The molecule has 0 unspecified atom stereocenters. The minimum absolute atomic E-state index is 0.0998. The second-order valence-corrected chi connectivity index (χ2v) is 9.85. The van der Waals surface area contributed by atoms with Crippen molar-refractivity contribution < 1.29 is 16.8 Å². The van der Waals surface area contributed by atoms with Crippen molar-refractivity contribution in [2.75, 3.05) is 47.3 Å². The lowest BCUT2D eigenvalue weighted by molar-refractivity contribution is 0.385. The molecule has 0 aromatic heterocycles. The van der Waals surface area contributed by atoms with Crippen LogP contribution in [0.5, 0.6) is 0 Å². The summed E-state index contributed by atoms with van der Waals surface area (Å²) < 4.78 is 51.3. The first kappa shape index (κ1) is 19.0. The number of nitrogens with zero attached hydrogens (tertiary/aromatic N) is 2. The van der Waals surface area contributed by atoms with Crippen LogP contribution in [0.4, 0.5) is 11.4 Å². The van der Waals surface area contributed by atoms with Crippen LogP contribution < -0.4 is 9.62 Å². The summed E-state index contributed by atoms with van der Waals surface area (Å²) >= 11 is 0. The third-order valence-electron chi connectivity index (χ3n) is 3.98. The Bertz CT molecular complexity index is 737. The minimum atomic E-state index is -3.29. The van der Waals surface area contributed by atoms with E-state index in [0.717, 1.165) is 5.69 Å². The van der Waals surface area contributed by atoms with E-state index in [9.17, 15) is 16.8 Å². The van der Waals surface area contributed by atoms with Crippen molar-refractivity contribution >= 4 is 31.4 Å². The predicted molar refractivity (Wildman–Crippen MR) is 97.4 cm³/mol. The zero-order chi connectivity index (χ0) is 17.8. The molecule has 9 heteroatoms.